The van der Waals surface area contributed by atoms with Crippen LogP contribution in [0.3, 0.4) is 0 Å². The zero-order chi connectivity index (χ0) is 24.7. The summed E-state index contributed by atoms with van der Waals surface area (Å²) in [7, 11) is 1.51. The number of aromatic nitrogens is 1. The van der Waals surface area contributed by atoms with E-state index in [2.05, 4.69) is 27.2 Å². The van der Waals surface area contributed by atoms with E-state index in [1.807, 2.05) is 6.92 Å². The Morgan fingerprint density at radius 3 is 2.79 bits per heavy atom. The lowest BCUT2D eigenvalue weighted by molar-refractivity contribution is 0.0952. The zero-order valence-electron chi connectivity index (χ0n) is 18.8. The van der Waals surface area contributed by atoms with Crippen LogP contribution in [0, 0.1) is 23.2 Å². The van der Waals surface area contributed by atoms with Gasteiger partial charge >= 0.3 is 0 Å². The summed E-state index contributed by atoms with van der Waals surface area (Å²) in [6.45, 7) is 1.83. The minimum Gasteiger partial charge on any atom is -0.494 e. The molecule has 1 aromatic heterocycles. The van der Waals surface area contributed by atoms with Gasteiger partial charge in [-0.05, 0) is 55.0 Å². The van der Waals surface area contributed by atoms with Crippen LogP contribution in [0.2, 0.25) is 5.15 Å². The molecule has 10 heteroatoms. The van der Waals surface area contributed by atoms with Crippen molar-refractivity contribution in [1.82, 2.24) is 10.3 Å². The van der Waals surface area contributed by atoms with Gasteiger partial charge in [-0.15, -0.1) is 0 Å². The number of nitrogens with one attached hydrogen (secondary N) is 2. The molecule has 2 aromatic rings. The first-order valence-electron chi connectivity index (χ1n) is 10.4. The maximum absolute atomic E-state index is 13.3. The topological polar surface area (TPSA) is 139 Å². The normalized spacial score (nSPS) is 14.6. The molecule has 0 radical (unpaired) electrons. The van der Waals surface area contributed by atoms with E-state index >= 15 is 0 Å². The number of hydrazone groups is 1. The molecule has 0 saturated heterocycles. The summed E-state index contributed by atoms with van der Waals surface area (Å²) in [5.41, 5.74) is 8.34. The second-order valence-electron chi connectivity index (χ2n) is 7.45. The average Bonchev–Trinajstić information content (AvgIpc) is 3.67. The molecule has 34 heavy (non-hydrogen) atoms. The Hall–Kier alpha value is -3.48. The molecule has 1 aromatic carbocycles. The van der Waals surface area contributed by atoms with Crippen molar-refractivity contribution in [2.45, 2.75) is 25.1 Å². The molecule has 176 valence electrons. The van der Waals surface area contributed by atoms with Crippen LogP contribution in [0.4, 0.5) is 0 Å². The van der Waals surface area contributed by atoms with Gasteiger partial charge < -0.3 is 27.0 Å². The molecule has 0 spiro atoms. The maximum atomic E-state index is 13.3. The van der Waals surface area contributed by atoms with Crippen LogP contribution in [-0.2, 0) is 0 Å². The summed E-state index contributed by atoms with van der Waals surface area (Å²) < 4.78 is 5.46. The molecule has 0 aliphatic heterocycles. The van der Waals surface area contributed by atoms with Gasteiger partial charge in [-0.25, -0.2) is 4.98 Å². The number of thioether (sulfide) groups is 1. The second kappa shape index (κ2) is 11.6. The number of nitrogens with two attached hydrogens (primary N) is 2. The SMILES string of the molecule is COc1cnc(Cl)cc1-c1cc(/C(C=N)=C/N)ccc1C(=O)NC(C)S/C(C#CC1CC1)=N\N. The Balaban J connectivity index is 1.95. The van der Waals surface area contributed by atoms with Gasteiger partial charge in [-0.1, -0.05) is 35.3 Å². The van der Waals surface area contributed by atoms with Gasteiger partial charge in [0.05, 0.1) is 18.7 Å². The predicted molar refractivity (Wildman–Crippen MR) is 139 cm³/mol. The summed E-state index contributed by atoms with van der Waals surface area (Å²) in [4.78, 5) is 17.4. The lowest BCUT2D eigenvalue weighted by Crippen LogP contribution is -2.31. The molecular weight excluding hydrogens is 472 g/mol. The van der Waals surface area contributed by atoms with Crippen LogP contribution in [-0.4, -0.2) is 34.6 Å². The minimum absolute atomic E-state index is 0.246. The number of benzene rings is 1. The molecule has 3 rings (SSSR count). The third kappa shape index (κ3) is 6.31. The summed E-state index contributed by atoms with van der Waals surface area (Å²) in [5, 5.41) is 14.7. The van der Waals surface area contributed by atoms with E-state index in [4.69, 9.17) is 33.3 Å². The molecule has 1 heterocycles. The molecule has 1 saturated carbocycles. The number of halogens is 1. The summed E-state index contributed by atoms with van der Waals surface area (Å²) >= 11 is 7.42. The van der Waals surface area contributed by atoms with Crippen LogP contribution >= 0.6 is 23.4 Å². The first kappa shape index (κ1) is 25.1. The predicted octanol–water partition coefficient (Wildman–Crippen LogP) is 3.85. The Bertz CT molecular complexity index is 1210. The van der Waals surface area contributed by atoms with Crippen LogP contribution < -0.4 is 21.6 Å². The highest BCUT2D eigenvalue weighted by molar-refractivity contribution is 8.15. The molecule has 1 fully saturated rings. The standard InChI is InChI=1S/C24H25ClN6O2S/c1-14(34-23(31-28)8-5-15-3-4-15)30-24(32)18-7-6-16(17(11-26)12-27)9-19(18)20-10-22(25)29-13-21(20)33-2/h6-7,9-15,26H,3-4,27-28H2,1-2H3,(H,30,32)/b17-12+,26-11?,31-23-. The van der Waals surface area contributed by atoms with E-state index in [1.165, 1.54) is 31.3 Å². The van der Waals surface area contributed by atoms with E-state index in [0.717, 1.165) is 19.1 Å². The Morgan fingerprint density at radius 1 is 1.41 bits per heavy atom. The Labute approximate surface area is 207 Å². The number of hydrogen-bond acceptors (Lipinski definition) is 8. The summed E-state index contributed by atoms with van der Waals surface area (Å²) in [6.07, 6.45) is 6.16. The number of rotatable bonds is 7. The highest BCUT2D eigenvalue weighted by atomic mass is 35.5. The lowest BCUT2D eigenvalue weighted by atomic mass is 9.94. The minimum atomic E-state index is -0.347. The molecule has 8 nitrogen and oxygen atoms in total. The van der Waals surface area contributed by atoms with Crippen LogP contribution in [0.15, 0.2) is 41.8 Å². The van der Waals surface area contributed by atoms with Gasteiger partial charge in [0.1, 0.15) is 10.9 Å². The van der Waals surface area contributed by atoms with E-state index in [9.17, 15) is 4.79 Å². The first-order valence-corrected chi connectivity index (χ1v) is 11.7. The van der Waals surface area contributed by atoms with Crippen molar-refractivity contribution in [3.05, 3.63) is 52.9 Å². The van der Waals surface area contributed by atoms with Crippen molar-refractivity contribution in [3.63, 3.8) is 0 Å². The number of pyridine rings is 1. The van der Waals surface area contributed by atoms with Crippen molar-refractivity contribution in [2.24, 2.45) is 22.6 Å². The van der Waals surface area contributed by atoms with Crippen LogP contribution in [0.25, 0.3) is 16.7 Å². The van der Waals surface area contributed by atoms with Crippen molar-refractivity contribution in [2.75, 3.05) is 7.11 Å². The monoisotopic (exact) mass is 496 g/mol. The number of methoxy groups -OCH3 is 1. The van der Waals surface area contributed by atoms with Crippen LogP contribution in [0.5, 0.6) is 5.75 Å². The number of ether oxygens (including phenoxy) is 1. The third-order valence-electron chi connectivity index (χ3n) is 4.98. The fourth-order valence-corrected chi connectivity index (χ4v) is 3.94. The molecule has 1 aliphatic carbocycles. The number of amides is 1. The van der Waals surface area contributed by atoms with Gasteiger partial charge in [0, 0.05) is 35.0 Å². The van der Waals surface area contributed by atoms with E-state index < -0.39 is 0 Å². The first-order chi connectivity index (χ1) is 16.4. The van der Waals surface area contributed by atoms with Gasteiger partial charge in [0.2, 0.25) is 0 Å². The molecular formula is C24H25ClN6O2S. The van der Waals surface area contributed by atoms with Gasteiger partial charge in [0.15, 0.2) is 5.04 Å². The maximum Gasteiger partial charge on any atom is 0.252 e. The average molecular weight is 497 g/mol. The fraction of sp³-hybridized carbons (Fsp3) is 0.250. The number of carbonyl (C=O) groups is 1. The van der Waals surface area contributed by atoms with Crippen molar-refractivity contribution < 1.29 is 9.53 Å². The van der Waals surface area contributed by atoms with Gasteiger partial charge in [0.25, 0.3) is 5.91 Å². The van der Waals surface area contributed by atoms with Crippen molar-refractivity contribution in [3.8, 4) is 28.7 Å². The lowest BCUT2D eigenvalue weighted by Gasteiger charge is -2.17. The number of allylic oxidation sites excluding steroid dienone is 1. The largest absolute Gasteiger partial charge is 0.494 e. The molecule has 1 unspecified atom stereocenters. The Kier molecular flexibility index (Phi) is 8.57. The fourth-order valence-electron chi connectivity index (χ4n) is 3.11. The molecule has 1 atom stereocenters. The van der Waals surface area contributed by atoms with E-state index in [0.29, 0.717) is 44.5 Å². The molecule has 1 aliphatic rings. The molecule has 6 N–H and O–H groups in total. The van der Waals surface area contributed by atoms with Gasteiger partial charge in [-0.2, -0.15) is 5.10 Å². The number of nitrogens with zero attached hydrogens (tertiary/aromatic N) is 2. The number of carbonyl (C=O) groups excluding carboxylic acids is 1. The zero-order valence-corrected chi connectivity index (χ0v) is 20.3. The second-order valence-corrected chi connectivity index (χ2v) is 9.16. The van der Waals surface area contributed by atoms with Crippen molar-refractivity contribution in [1.29, 1.82) is 5.41 Å². The van der Waals surface area contributed by atoms with E-state index in [-0.39, 0.29) is 16.4 Å². The highest BCUT2D eigenvalue weighted by Gasteiger charge is 2.21. The Morgan fingerprint density at radius 2 is 2.18 bits per heavy atom. The van der Waals surface area contributed by atoms with Gasteiger partial charge in [-0.3, -0.25) is 4.79 Å². The van der Waals surface area contributed by atoms with Crippen LogP contribution in [0.1, 0.15) is 35.7 Å². The molecule has 0 bridgehead atoms. The third-order valence-corrected chi connectivity index (χ3v) is 6.09. The quantitative estimate of drug-likeness (QED) is 0.0872. The van der Waals surface area contributed by atoms with E-state index in [1.54, 1.807) is 24.3 Å². The smallest absolute Gasteiger partial charge is 0.252 e. The summed E-state index contributed by atoms with van der Waals surface area (Å²) in [5.74, 6) is 12.1. The summed E-state index contributed by atoms with van der Waals surface area (Å²) in [6, 6.07) is 6.78. The van der Waals surface area contributed by atoms with Crippen molar-refractivity contribution >= 4 is 46.1 Å². The highest BCUT2D eigenvalue weighted by Crippen LogP contribution is 2.35. The molecule has 1 amide bonds. The number of hydrogen-bond donors (Lipinski definition) is 4.